The molecule has 2 atom stereocenters. The molecule has 1 fully saturated rings. The van der Waals surface area contributed by atoms with E-state index in [-0.39, 0.29) is 17.9 Å². The maximum Gasteiger partial charge on any atom is 0.319 e. The summed E-state index contributed by atoms with van der Waals surface area (Å²) in [6.07, 6.45) is 0. The molecule has 2 aromatic rings. The standard InChI is InChI=1S/C19H18F3N3O3/c1-9-5-10(3-4-13(9)20)24-19(27)25-17-12(8-23-18(17)26)16-14(21)6-11(28-2)7-15(16)22/h3-7,12,17H,8H2,1-2H3,(H,23,26)(H2,24,25,27)/t12-,17?/m0/s1. The Bertz CT molecular complexity index is 913. The number of nitrogens with one attached hydrogen (secondary N) is 3. The SMILES string of the molecule is COc1cc(F)c([C@@H]2CNC(=O)C2NC(=O)Nc2ccc(F)c(C)c2)c(F)c1. The molecule has 3 amide bonds. The molecule has 28 heavy (non-hydrogen) atoms. The number of carbonyl (C=O) groups excluding carboxylic acids is 2. The molecule has 148 valence electrons. The topological polar surface area (TPSA) is 79.5 Å². The van der Waals surface area contributed by atoms with Gasteiger partial charge in [-0.25, -0.2) is 18.0 Å². The molecule has 0 aliphatic carbocycles. The average Bonchev–Trinajstić information content (AvgIpc) is 2.98. The van der Waals surface area contributed by atoms with Gasteiger partial charge >= 0.3 is 6.03 Å². The number of aryl methyl sites for hydroxylation is 1. The van der Waals surface area contributed by atoms with Crippen LogP contribution in [0.2, 0.25) is 0 Å². The van der Waals surface area contributed by atoms with Gasteiger partial charge in [0.15, 0.2) is 0 Å². The minimum Gasteiger partial charge on any atom is -0.497 e. The van der Waals surface area contributed by atoms with Gasteiger partial charge in [0.2, 0.25) is 5.91 Å². The zero-order valence-electron chi connectivity index (χ0n) is 15.1. The molecule has 0 saturated carbocycles. The molecule has 1 unspecified atom stereocenters. The van der Waals surface area contributed by atoms with Gasteiger partial charge in [-0.1, -0.05) is 0 Å². The van der Waals surface area contributed by atoms with Crippen molar-refractivity contribution in [1.82, 2.24) is 10.6 Å². The van der Waals surface area contributed by atoms with E-state index in [2.05, 4.69) is 16.0 Å². The van der Waals surface area contributed by atoms with Crippen molar-refractivity contribution in [2.45, 2.75) is 18.9 Å². The summed E-state index contributed by atoms with van der Waals surface area (Å²) in [6.45, 7) is 1.49. The van der Waals surface area contributed by atoms with Crippen molar-refractivity contribution in [2.75, 3.05) is 19.0 Å². The van der Waals surface area contributed by atoms with Crippen LogP contribution in [0.15, 0.2) is 30.3 Å². The summed E-state index contributed by atoms with van der Waals surface area (Å²) in [5, 5.41) is 7.39. The van der Waals surface area contributed by atoms with E-state index < -0.39 is 41.3 Å². The maximum absolute atomic E-state index is 14.4. The summed E-state index contributed by atoms with van der Waals surface area (Å²) in [5.74, 6) is -3.68. The lowest BCUT2D eigenvalue weighted by molar-refractivity contribution is -0.120. The van der Waals surface area contributed by atoms with E-state index in [9.17, 15) is 22.8 Å². The average molecular weight is 393 g/mol. The van der Waals surface area contributed by atoms with Gasteiger partial charge in [0.05, 0.1) is 7.11 Å². The molecular formula is C19H18F3N3O3. The molecule has 0 aromatic heterocycles. The first kappa shape index (κ1) is 19.5. The highest BCUT2D eigenvalue weighted by atomic mass is 19.1. The van der Waals surface area contributed by atoms with E-state index in [1.165, 1.54) is 32.2 Å². The lowest BCUT2D eigenvalue weighted by Crippen LogP contribution is -2.45. The Morgan fingerprint density at radius 3 is 2.43 bits per heavy atom. The first-order chi connectivity index (χ1) is 13.3. The molecule has 2 aromatic carbocycles. The van der Waals surface area contributed by atoms with Crippen molar-refractivity contribution in [3.05, 3.63) is 58.9 Å². The monoisotopic (exact) mass is 393 g/mol. The molecule has 3 N–H and O–H groups in total. The predicted octanol–water partition coefficient (Wildman–Crippen LogP) is 2.82. The van der Waals surface area contributed by atoms with Gasteiger partial charge in [-0.15, -0.1) is 0 Å². The zero-order valence-corrected chi connectivity index (χ0v) is 15.1. The summed E-state index contributed by atoms with van der Waals surface area (Å²) in [5.41, 5.74) is 0.326. The molecule has 0 bridgehead atoms. The molecule has 1 aliphatic rings. The Kier molecular flexibility index (Phi) is 5.43. The van der Waals surface area contributed by atoms with Crippen molar-refractivity contribution in [2.24, 2.45) is 0 Å². The highest BCUT2D eigenvalue weighted by Gasteiger charge is 2.40. The van der Waals surface area contributed by atoms with Crippen molar-refractivity contribution in [3.63, 3.8) is 0 Å². The van der Waals surface area contributed by atoms with Gasteiger partial charge in [-0.3, -0.25) is 4.79 Å². The van der Waals surface area contributed by atoms with Crippen LogP contribution in [0.1, 0.15) is 17.0 Å². The number of methoxy groups -OCH3 is 1. The maximum atomic E-state index is 14.4. The third-order valence-electron chi connectivity index (χ3n) is 4.54. The van der Waals surface area contributed by atoms with E-state index in [1.807, 2.05) is 0 Å². The molecular weight excluding hydrogens is 375 g/mol. The summed E-state index contributed by atoms with van der Waals surface area (Å²) in [7, 11) is 1.28. The highest BCUT2D eigenvalue weighted by molar-refractivity contribution is 5.95. The van der Waals surface area contributed by atoms with Crippen LogP contribution in [0, 0.1) is 24.4 Å². The van der Waals surface area contributed by atoms with E-state index in [1.54, 1.807) is 0 Å². The lowest BCUT2D eigenvalue weighted by atomic mass is 9.93. The number of rotatable bonds is 4. The number of urea groups is 1. The summed E-state index contributed by atoms with van der Waals surface area (Å²) in [4.78, 5) is 24.4. The number of halogens is 3. The Hall–Kier alpha value is -3.23. The van der Waals surface area contributed by atoms with E-state index in [0.717, 1.165) is 12.1 Å². The van der Waals surface area contributed by atoms with E-state index in [0.29, 0.717) is 11.3 Å². The first-order valence-electron chi connectivity index (χ1n) is 8.44. The van der Waals surface area contributed by atoms with Crippen molar-refractivity contribution in [3.8, 4) is 5.75 Å². The molecule has 3 rings (SSSR count). The van der Waals surface area contributed by atoms with Crippen molar-refractivity contribution in [1.29, 1.82) is 0 Å². The number of anilines is 1. The van der Waals surface area contributed by atoms with E-state index in [4.69, 9.17) is 4.74 Å². The summed E-state index contributed by atoms with van der Waals surface area (Å²) < 4.78 is 46.9. The number of hydrogen-bond donors (Lipinski definition) is 3. The van der Waals surface area contributed by atoms with Gasteiger partial charge < -0.3 is 20.7 Å². The fourth-order valence-electron chi connectivity index (χ4n) is 3.12. The summed E-state index contributed by atoms with van der Waals surface area (Å²) >= 11 is 0. The predicted molar refractivity (Wildman–Crippen MR) is 95.7 cm³/mol. The first-order valence-corrected chi connectivity index (χ1v) is 8.44. The normalized spacial score (nSPS) is 18.5. The second kappa shape index (κ2) is 7.79. The number of amides is 3. The number of ether oxygens (including phenoxy) is 1. The molecule has 1 saturated heterocycles. The zero-order chi connectivity index (χ0) is 20.4. The Morgan fingerprint density at radius 1 is 1.14 bits per heavy atom. The third kappa shape index (κ3) is 3.88. The van der Waals surface area contributed by atoms with Gasteiger partial charge in [-0.2, -0.15) is 0 Å². The van der Waals surface area contributed by atoms with Crippen LogP contribution < -0.4 is 20.7 Å². The molecule has 6 nitrogen and oxygen atoms in total. The summed E-state index contributed by atoms with van der Waals surface area (Å²) in [6, 6.07) is 4.06. The molecule has 1 aliphatic heterocycles. The fraction of sp³-hybridized carbons (Fsp3) is 0.263. The second-order valence-electron chi connectivity index (χ2n) is 6.40. The Morgan fingerprint density at radius 2 is 1.82 bits per heavy atom. The lowest BCUT2D eigenvalue weighted by Gasteiger charge is -2.20. The van der Waals surface area contributed by atoms with Crippen molar-refractivity contribution < 1.29 is 27.5 Å². The van der Waals surface area contributed by atoms with Gasteiger partial charge in [0.25, 0.3) is 0 Å². The van der Waals surface area contributed by atoms with E-state index >= 15 is 0 Å². The van der Waals surface area contributed by atoms with Crippen LogP contribution in [-0.4, -0.2) is 31.6 Å². The Labute approximate surface area is 159 Å². The van der Waals surface area contributed by atoms with Gasteiger partial charge in [-0.05, 0) is 30.7 Å². The Balaban J connectivity index is 1.79. The van der Waals surface area contributed by atoms with Crippen LogP contribution in [0.5, 0.6) is 5.75 Å². The van der Waals surface area contributed by atoms with Crippen LogP contribution in [0.4, 0.5) is 23.7 Å². The van der Waals surface area contributed by atoms with Gasteiger partial charge in [0.1, 0.15) is 29.2 Å². The second-order valence-corrected chi connectivity index (χ2v) is 6.40. The molecule has 1 heterocycles. The number of carbonyl (C=O) groups is 2. The fourth-order valence-corrected chi connectivity index (χ4v) is 3.12. The largest absolute Gasteiger partial charge is 0.497 e. The van der Waals surface area contributed by atoms with Gasteiger partial charge in [0, 0.05) is 35.8 Å². The molecule has 9 heteroatoms. The highest BCUT2D eigenvalue weighted by Crippen LogP contribution is 2.31. The quantitative estimate of drug-likeness (QED) is 0.748. The number of benzene rings is 2. The minimum atomic E-state index is -1.18. The molecule has 0 spiro atoms. The van der Waals surface area contributed by atoms with Crippen molar-refractivity contribution >= 4 is 17.6 Å². The smallest absolute Gasteiger partial charge is 0.319 e. The van der Waals surface area contributed by atoms with Crippen LogP contribution in [0.25, 0.3) is 0 Å². The molecule has 0 radical (unpaired) electrons. The van der Waals surface area contributed by atoms with Crippen LogP contribution in [0.3, 0.4) is 0 Å². The number of hydrogen-bond acceptors (Lipinski definition) is 3. The third-order valence-corrected chi connectivity index (χ3v) is 4.54. The minimum absolute atomic E-state index is 0.00460. The van der Waals surface area contributed by atoms with Crippen LogP contribution in [-0.2, 0) is 4.79 Å². The van der Waals surface area contributed by atoms with Crippen LogP contribution >= 0.6 is 0 Å².